The molecule has 2 rings (SSSR count). The molecule has 0 aromatic heterocycles. The van der Waals surface area contributed by atoms with E-state index >= 15 is 0 Å². The molecule has 0 spiro atoms. The predicted molar refractivity (Wildman–Crippen MR) is 101 cm³/mol. The fraction of sp³-hybridized carbons (Fsp3) is 0.350. The van der Waals surface area contributed by atoms with Gasteiger partial charge in [-0.25, -0.2) is 0 Å². The second kappa shape index (κ2) is 8.25. The number of hydrogen-bond acceptors (Lipinski definition) is 3. The van der Waals surface area contributed by atoms with E-state index in [1.165, 1.54) is 4.90 Å². The Morgan fingerprint density at radius 2 is 1.79 bits per heavy atom. The molecule has 0 fully saturated rings. The van der Waals surface area contributed by atoms with Crippen molar-refractivity contribution >= 4 is 17.7 Å². The quantitative estimate of drug-likeness (QED) is 0.762. The summed E-state index contributed by atoms with van der Waals surface area (Å²) < 4.78 is 5.39. The molecule has 24 heavy (non-hydrogen) atoms. The Labute approximate surface area is 148 Å². The third-order valence-corrected chi connectivity index (χ3v) is 4.80. The van der Waals surface area contributed by atoms with Crippen molar-refractivity contribution in [3.8, 4) is 5.75 Å². The highest BCUT2D eigenvalue weighted by Crippen LogP contribution is 2.28. The summed E-state index contributed by atoms with van der Waals surface area (Å²) in [6.45, 7) is 4.47. The molecule has 0 atom stereocenters. The van der Waals surface area contributed by atoms with Gasteiger partial charge in [0.1, 0.15) is 5.75 Å². The summed E-state index contributed by atoms with van der Waals surface area (Å²) in [6.07, 6.45) is 2.69. The van der Waals surface area contributed by atoms with E-state index < -0.39 is 5.41 Å². The molecule has 0 saturated heterocycles. The normalized spacial score (nSPS) is 11.2. The fourth-order valence-electron chi connectivity index (χ4n) is 2.57. The molecule has 2 aromatic carbocycles. The van der Waals surface area contributed by atoms with E-state index in [1.807, 2.05) is 38.1 Å². The maximum Gasteiger partial charge on any atom is 0.226 e. The van der Waals surface area contributed by atoms with E-state index in [0.717, 1.165) is 16.9 Å². The van der Waals surface area contributed by atoms with Crippen LogP contribution in [-0.4, -0.2) is 19.3 Å². The summed E-state index contributed by atoms with van der Waals surface area (Å²) in [4.78, 5) is 13.8. The van der Waals surface area contributed by atoms with Crippen LogP contribution in [0, 0.1) is 5.41 Å². The summed E-state index contributed by atoms with van der Waals surface area (Å²) in [7, 11) is 1.66. The number of amides is 1. The molecule has 0 aliphatic carbocycles. The van der Waals surface area contributed by atoms with Crippen molar-refractivity contribution in [1.29, 1.82) is 0 Å². The number of para-hydroxylation sites is 1. The molecular weight excluding hydrogens is 318 g/mol. The Morgan fingerprint density at radius 3 is 2.42 bits per heavy atom. The molecule has 0 heterocycles. The van der Waals surface area contributed by atoms with Crippen LogP contribution in [0.2, 0.25) is 0 Å². The van der Waals surface area contributed by atoms with E-state index in [1.54, 1.807) is 18.9 Å². The van der Waals surface area contributed by atoms with Gasteiger partial charge in [0.05, 0.1) is 7.11 Å². The zero-order valence-electron chi connectivity index (χ0n) is 14.8. The fourth-order valence-corrected chi connectivity index (χ4v) is 2.98. The largest absolute Gasteiger partial charge is 0.496 e. The first-order valence-electron chi connectivity index (χ1n) is 7.99. The van der Waals surface area contributed by atoms with Gasteiger partial charge in [-0.1, -0.05) is 44.2 Å². The smallest absolute Gasteiger partial charge is 0.226 e. The van der Waals surface area contributed by atoms with Crippen LogP contribution in [0.5, 0.6) is 5.75 Å². The van der Waals surface area contributed by atoms with Crippen molar-refractivity contribution in [3.05, 3.63) is 59.7 Å². The van der Waals surface area contributed by atoms with Crippen LogP contribution in [-0.2, 0) is 17.8 Å². The van der Waals surface area contributed by atoms with E-state index in [0.29, 0.717) is 13.0 Å². The molecule has 0 aliphatic rings. The maximum atomic E-state index is 12.6. The number of methoxy groups -OCH3 is 1. The lowest BCUT2D eigenvalue weighted by atomic mass is 9.84. The van der Waals surface area contributed by atoms with Crippen molar-refractivity contribution in [1.82, 2.24) is 5.32 Å². The van der Waals surface area contributed by atoms with Crippen molar-refractivity contribution < 1.29 is 9.53 Å². The minimum absolute atomic E-state index is 0.0438. The van der Waals surface area contributed by atoms with Gasteiger partial charge < -0.3 is 10.1 Å². The number of hydrogen-bond donors (Lipinski definition) is 1. The average molecular weight is 343 g/mol. The Morgan fingerprint density at radius 1 is 1.12 bits per heavy atom. The number of carbonyl (C=O) groups is 1. The molecular formula is C20H25NO2S. The monoisotopic (exact) mass is 343 g/mol. The molecule has 0 bridgehead atoms. The predicted octanol–water partition coefficient (Wildman–Crippen LogP) is 4.30. The summed E-state index contributed by atoms with van der Waals surface area (Å²) in [5.41, 5.74) is 1.65. The molecule has 4 heteroatoms. The van der Waals surface area contributed by atoms with Gasteiger partial charge in [-0.3, -0.25) is 4.79 Å². The average Bonchev–Trinajstić information content (AvgIpc) is 2.60. The number of carbonyl (C=O) groups excluding carboxylic acids is 1. The number of thioether (sulfide) groups is 1. The van der Waals surface area contributed by atoms with Crippen LogP contribution in [0.15, 0.2) is 53.4 Å². The molecule has 2 aromatic rings. The molecule has 0 radical (unpaired) electrons. The van der Waals surface area contributed by atoms with E-state index in [-0.39, 0.29) is 5.91 Å². The topological polar surface area (TPSA) is 38.3 Å². The van der Waals surface area contributed by atoms with Gasteiger partial charge in [-0.05, 0) is 42.0 Å². The van der Waals surface area contributed by atoms with Gasteiger partial charge in [-0.15, -0.1) is 11.8 Å². The first kappa shape index (κ1) is 18.4. The van der Waals surface area contributed by atoms with E-state index in [2.05, 4.69) is 35.8 Å². The first-order chi connectivity index (χ1) is 11.5. The minimum atomic E-state index is -0.506. The molecule has 0 aliphatic heterocycles. The van der Waals surface area contributed by atoms with Gasteiger partial charge in [0.2, 0.25) is 5.91 Å². The Hall–Kier alpha value is -1.94. The highest BCUT2D eigenvalue weighted by atomic mass is 32.2. The summed E-state index contributed by atoms with van der Waals surface area (Å²) in [6, 6.07) is 16.1. The number of ether oxygens (including phenoxy) is 1. The highest BCUT2D eigenvalue weighted by Gasteiger charge is 2.28. The van der Waals surface area contributed by atoms with Gasteiger partial charge >= 0.3 is 0 Å². The molecule has 1 amide bonds. The first-order valence-corrected chi connectivity index (χ1v) is 9.22. The zero-order chi connectivity index (χ0) is 17.6. The Bertz CT molecular complexity index is 680. The SMILES string of the molecule is COc1ccccc1CC(C)(C)C(=O)NCc1ccc(SC)cc1. The van der Waals surface area contributed by atoms with Gasteiger partial charge in [0.25, 0.3) is 0 Å². The maximum absolute atomic E-state index is 12.6. The van der Waals surface area contributed by atoms with Crippen molar-refractivity contribution in [2.75, 3.05) is 13.4 Å². The number of rotatable bonds is 7. The molecule has 3 nitrogen and oxygen atoms in total. The lowest BCUT2D eigenvalue weighted by Crippen LogP contribution is -2.38. The highest BCUT2D eigenvalue weighted by molar-refractivity contribution is 7.98. The van der Waals surface area contributed by atoms with Crippen LogP contribution >= 0.6 is 11.8 Å². The van der Waals surface area contributed by atoms with Gasteiger partial charge in [0.15, 0.2) is 0 Å². The Balaban J connectivity index is 1.98. The lowest BCUT2D eigenvalue weighted by Gasteiger charge is -2.24. The van der Waals surface area contributed by atoms with Gasteiger partial charge in [-0.2, -0.15) is 0 Å². The molecule has 0 unspecified atom stereocenters. The second-order valence-corrected chi connectivity index (χ2v) is 7.28. The zero-order valence-corrected chi connectivity index (χ0v) is 15.6. The summed E-state index contributed by atoms with van der Waals surface area (Å²) in [5, 5.41) is 3.05. The molecule has 1 N–H and O–H groups in total. The van der Waals surface area contributed by atoms with Crippen molar-refractivity contribution in [2.24, 2.45) is 5.41 Å². The van der Waals surface area contributed by atoms with Crippen molar-refractivity contribution in [2.45, 2.75) is 31.7 Å². The van der Waals surface area contributed by atoms with Crippen LogP contribution in [0.25, 0.3) is 0 Å². The van der Waals surface area contributed by atoms with E-state index in [4.69, 9.17) is 4.74 Å². The van der Waals surface area contributed by atoms with Crippen LogP contribution in [0.3, 0.4) is 0 Å². The number of benzene rings is 2. The second-order valence-electron chi connectivity index (χ2n) is 6.40. The lowest BCUT2D eigenvalue weighted by molar-refractivity contribution is -0.129. The van der Waals surface area contributed by atoms with Crippen LogP contribution < -0.4 is 10.1 Å². The molecule has 128 valence electrons. The summed E-state index contributed by atoms with van der Waals surface area (Å²) >= 11 is 1.71. The van der Waals surface area contributed by atoms with Crippen LogP contribution in [0.4, 0.5) is 0 Å². The summed E-state index contributed by atoms with van der Waals surface area (Å²) in [5.74, 6) is 0.869. The minimum Gasteiger partial charge on any atom is -0.496 e. The molecule has 0 saturated carbocycles. The Kier molecular flexibility index (Phi) is 6.32. The van der Waals surface area contributed by atoms with Gasteiger partial charge in [0, 0.05) is 16.9 Å². The third-order valence-electron chi connectivity index (χ3n) is 4.05. The third kappa shape index (κ3) is 4.78. The standard InChI is InChI=1S/C20H25NO2S/c1-20(2,13-16-7-5-6-8-18(16)23-3)19(22)21-14-15-9-11-17(24-4)12-10-15/h5-12H,13-14H2,1-4H3,(H,21,22). The van der Waals surface area contributed by atoms with E-state index in [9.17, 15) is 4.79 Å². The van der Waals surface area contributed by atoms with Crippen molar-refractivity contribution in [3.63, 3.8) is 0 Å². The van der Waals surface area contributed by atoms with Crippen LogP contribution in [0.1, 0.15) is 25.0 Å². The number of nitrogens with one attached hydrogen (secondary N) is 1.